The second-order valence-corrected chi connectivity index (χ2v) is 24.2. The summed E-state index contributed by atoms with van der Waals surface area (Å²) >= 11 is 5.30. The minimum absolute atomic E-state index is 0. The summed E-state index contributed by atoms with van der Waals surface area (Å²) in [6, 6.07) is 0. The van der Waals surface area contributed by atoms with Crippen molar-refractivity contribution in [1.82, 2.24) is 88.6 Å². The van der Waals surface area contributed by atoms with Gasteiger partial charge in [0.25, 0.3) is 17.3 Å². The first-order chi connectivity index (χ1) is 23.2. The van der Waals surface area contributed by atoms with Gasteiger partial charge in [-0.25, -0.2) is 19.0 Å². The molecule has 7 rings (SSSR count). The monoisotopic (exact) mass is 1320 g/mol. The number of anilines is 12. The Hall–Kier alpha value is -4.57. The molecule has 58 heavy (non-hydrogen) atoms. The SMILES string of the molecule is C.C.C.C.Cl.Cl.I.I[I-]I.NNc1nc(N)nc(N)n1.Nc1nc(N)n2c(N)nnc2n1.Nc1nc(N)n2c(N)nnc2n1.Nc1nc(N)n2c(N)nnc2n1.O.O. The maximum absolute atomic E-state index is 5.47. The van der Waals surface area contributed by atoms with Crippen LogP contribution in [0.15, 0.2) is 0 Å². The van der Waals surface area contributed by atoms with E-state index in [1.165, 1.54) is 13.2 Å². The van der Waals surface area contributed by atoms with E-state index >= 15 is 0 Å². The van der Waals surface area contributed by atoms with E-state index in [0.717, 1.165) is 0 Å². The van der Waals surface area contributed by atoms with Crippen molar-refractivity contribution in [1.29, 1.82) is 0 Å². The maximum atomic E-state index is 5.47. The Labute approximate surface area is 388 Å². The maximum Gasteiger partial charge on any atom is 0.262 e. The van der Waals surface area contributed by atoms with Crippen molar-refractivity contribution in [2.45, 2.75) is 29.7 Å². The van der Waals surface area contributed by atoms with Gasteiger partial charge < -0.3 is 74.0 Å². The smallest absolute Gasteiger partial charge is 0.262 e. The fraction of sp³-hybridized carbons (Fsp3) is 0.211. The first-order valence-corrected chi connectivity index (χ1v) is 24.6. The summed E-state index contributed by atoms with van der Waals surface area (Å²) < 4.78 is 3.91. The van der Waals surface area contributed by atoms with Crippen LogP contribution in [-0.4, -0.2) is 99.6 Å². The quantitative estimate of drug-likeness (QED) is 0.0414. The van der Waals surface area contributed by atoms with Gasteiger partial charge in [0, 0.05) is 0 Å². The average Bonchev–Trinajstić information content (AvgIpc) is 3.70. The standard InChI is InChI=1S/3C4H6N8.C3H7N7.4CH4.2ClH.I3.HI.2H2O/c3*5-1-8-2(6)12-3(7)10-11-4(12)9-1;4-1-7-2(5)9-3(8-1)10-6;;;;;;;1-3-2;;;/h3*(H2,7,10)(H4,5,6,8,9,11);6H2,(H5,4,5,7,8,9,10);4*1H4;2*1H;;1H;2*1H2/q;;;;;;;;;;-1;;;. The van der Waals surface area contributed by atoms with Crippen LogP contribution < -0.4 is 87.6 Å². The molecule has 334 valence electrons. The van der Waals surface area contributed by atoms with Gasteiger partial charge in [-0.1, -0.05) is 29.7 Å². The van der Waals surface area contributed by atoms with Crippen LogP contribution in [0.25, 0.3) is 17.3 Å². The van der Waals surface area contributed by atoms with Crippen molar-refractivity contribution in [3.05, 3.63) is 0 Å². The molecule has 0 saturated carbocycles. The van der Waals surface area contributed by atoms with Gasteiger partial charge in [0.1, 0.15) is 0 Å². The number of halogens is 6. The summed E-state index contributed by atoms with van der Waals surface area (Å²) in [5, 5.41) is 21.5. The molecule has 7 heterocycles. The van der Waals surface area contributed by atoms with E-state index in [9.17, 15) is 0 Å². The molecule has 0 spiro atoms. The van der Waals surface area contributed by atoms with Gasteiger partial charge in [0.05, 0.1) is 0 Å². The number of nitrogen functional groups attached to an aromatic ring is 12. The predicted molar refractivity (Wildman–Crippen MR) is 254 cm³/mol. The number of aromatic nitrogens is 18. The molecular weight excluding hydrogens is 1270 g/mol. The number of hydrogen-bond donors (Lipinski definition) is 13. The molecule has 0 aliphatic heterocycles. The molecule has 0 bridgehead atoms. The minimum Gasteiger partial charge on any atom is -0.412 e. The van der Waals surface area contributed by atoms with Crippen molar-refractivity contribution >= 4 is 175 Å². The van der Waals surface area contributed by atoms with Gasteiger partial charge in [-0.05, 0) is 0 Å². The summed E-state index contributed by atoms with van der Waals surface area (Å²) in [5.41, 5.74) is 61.2. The van der Waals surface area contributed by atoms with E-state index < -0.39 is 0 Å². The molecule has 7 aromatic heterocycles. The Morgan fingerprint density at radius 2 is 0.621 bits per heavy atom. The molecule has 0 unspecified atom stereocenters. The van der Waals surface area contributed by atoms with Crippen molar-refractivity contribution in [2.75, 3.05) is 68.5 Å². The van der Waals surface area contributed by atoms with Gasteiger partial charge in [-0.2, -0.15) is 44.9 Å². The Balaban J connectivity index is -0.000000111. The number of nitrogens with one attached hydrogen (secondary N) is 1. The van der Waals surface area contributed by atoms with Gasteiger partial charge in [0.2, 0.25) is 71.4 Å². The number of nitrogens with zero attached hydrogens (tertiary/aromatic N) is 18. The third-order valence-corrected chi connectivity index (χ3v) is 4.83. The van der Waals surface area contributed by atoms with Gasteiger partial charge in [-0.3, -0.25) is 5.43 Å². The molecule has 33 nitrogen and oxygen atoms in total. The number of nitrogens with two attached hydrogens (primary N) is 12. The normalized spacial score (nSPS) is 8.60. The van der Waals surface area contributed by atoms with Crippen LogP contribution in [0, 0.1) is 0 Å². The van der Waals surface area contributed by atoms with E-state index in [0.29, 0.717) is 13.3 Å². The molecule has 0 radical (unpaired) electrons. The molecule has 0 aliphatic rings. The number of rotatable bonds is 1. The Morgan fingerprint density at radius 3 is 0.845 bits per heavy atom. The fourth-order valence-electron chi connectivity index (χ4n) is 3.10. The molecule has 29 N–H and O–H groups in total. The number of hydrogen-bond acceptors (Lipinski definition) is 28. The molecule has 0 amide bonds. The van der Waals surface area contributed by atoms with Gasteiger partial charge in [0.15, 0.2) is 0 Å². The third-order valence-electron chi connectivity index (χ3n) is 4.83. The van der Waals surface area contributed by atoms with Crippen LogP contribution in [-0.2, 0) is 0 Å². The predicted octanol–water partition coefficient (Wildman–Crippen LogP) is -5.75. The molecule has 0 aliphatic carbocycles. The second kappa shape index (κ2) is 31.4. The molecule has 7 aromatic rings. The summed E-state index contributed by atoms with van der Waals surface area (Å²) in [6.07, 6.45) is 0. The average molecular weight is 1320 g/mol. The van der Waals surface area contributed by atoms with Crippen molar-refractivity contribution in [2.24, 2.45) is 5.84 Å². The zero-order chi connectivity index (χ0) is 36.4. The number of fused-ring (bicyclic) bond motifs is 3. The molecule has 0 fully saturated rings. The zero-order valence-corrected chi connectivity index (χ0v) is 36.8. The van der Waals surface area contributed by atoms with E-state index in [1.807, 2.05) is 0 Å². The summed E-state index contributed by atoms with van der Waals surface area (Å²) in [7, 11) is 0. The van der Waals surface area contributed by atoms with Crippen LogP contribution in [0.3, 0.4) is 0 Å². The van der Waals surface area contributed by atoms with Crippen molar-refractivity contribution in [3.8, 4) is 0 Å². The first-order valence-electron chi connectivity index (χ1n) is 12.0. The Kier molecular flexibility index (Phi) is 36.9. The van der Waals surface area contributed by atoms with Crippen molar-refractivity contribution < 1.29 is 24.2 Å². The van der Waals surface area contributed by atoms with E-state index in [1.54, 1.807) is 0 Å². The van der Waals surface area contributed by atoms with Gasteiger partial charge >= 0.3 is 50.5 Å². The molecule has 39 heteroatoms. The minimum atomic E-state index is 0. The first kappa shape index (κ1) is 68.1. The van der Waals surface area contributed by atoms with Crippen LogP contribution in [0.4, 0.5) is 71.4 Å². The molecule has 0 saturated heterocycles. The summed E-state index contributed by atoms with van der Waals surface area (Å²) in [6.45, 7) is 0. The number of hydrazine groups is 1. The molecular formula is C19H48Cl2I4N31O2-. The van der Waals surface area contributed by atoms with E-state index in [2.05, 4.69) is 118 Å². The van der Waals surface area contributed by atoms with Crippen LogP contribution >= 0.6 is 86.0 Å². The molecule has 0 aromatic carbocycles. The summed E-state index contributed by atoms with van der Waals surface area (Å²) in [4.78, 5) is 33.0. The summed E-state index contributed by atoms with van der Waals surface area (Å²) in [5.74, 6) is 6.90. The van der Waals surface area contributed by atoms with E-state index in [4.69, 9.17) is 68.9 Å². The largest absolute Gasteiger partial charge is 0.412 e. The van der Waals surface area contributed by atoms with Gasteiger partial charge in [-0.15, -0.1) is 79.4 Å². The Morgan fingerprint density at radius 1 is 0.397 bits per heavy atom. The van der Waals surface area contributed by atoms with Crippen LogP contribution in [0.2, 0.25) is 0 Å². The van der Waals surface area contributed by atoms with Crippen LogP contribution in [0.5, 0.6) is 0 Å². The third kappa shape index (κ3) is 18.3. The molecule has 0 atom stereocenters. The fourth-order valence-corrected chi connectivity index (χ4v) is 3.10. The zero-order valence-electron chi connectivity index (χ0n) is 26.3. The van der Waals surface area contributed by atoms with E-state index in [-0.39, 0.29) is 178 Å². The van der Waals surface area contributed by atoms with Crippen molar-refractivity contribution in [3.63, 3.8) is 0 Å². The topological polar surface area (TPSA) is 594 Å². The Bertz CT molecular complexity index is 1970. The van der Waals surface area contributed by atoms with Crippen LogP contribution in [0.1, 0.15) is 29.7 Å². The second-order valence-electron chi connectivity index (χ2n) is 7.97.